The van der Waals surface area contributed by atoms with Crippen LogP contribution in [-0.4, -0.2) is 48.7 Å². The van der Waals surface area contributed by atoms with Crippen LogP contribution in [0.5, 0.6) is 0 Å². The summed E-state index contributed by atoms with van der Waals surface area (Å²) in [6, 6.07) is 0. The molecule has 3 unspecified atom stereocenters. The molecule has 0 aromatic heterocycles. The van der Waals surface area contributed by atoms with Gasteiger partial charge in [0, 0.05) is 13.0 Å². The SMILES string of the molecule is CN1C(C(=O)NC2CCCCN2)=C(O)C2CCCCC2S1(=O)=O. The largest absolute Gasteiger partial charge is 0.510 e. The Balaban J connectivity index is 1.87. The lowest BCUT2D eigenvalue weighted by atomic mass is 9.86. The number of allylic oxidation sites excluding steroid dienone is 1. The smallest absolute Gasteiger partial charge is 0.273 e. The van der Waals surface area contributed by atoms with Gasteiger partial charge in [-0.05, 0) is 38.6 Å². The molecule has 2 fully saturated rings. The number of rotatable bonds is 2. The third-order valence-electron chi connectivity index (χ3n) is 5.21. The molecule has 1 amide bonds. The lowest BCUT2D eigenvalue weighted by Gasteiger charge is -2.40. The summed E-state index contributed by atoms with van der Waals surface area (Å²) < 4.78 is 26.3. The fourth-order valence-electron chi connectivity index (χ4n) is 3.89. The topological polar surface area (TPSA) is 98.7 Å². The van der Waals surface area contributed by atoms with Crippen LogP contribution in [0.15, 0.2) is 11.5 Å². The molecule has 3 atom stereocenters. The Labute approximate surface area is 137 Å². The fourth-order valence-corrected chi connectivity index (χ4v) is 5.88. The van der Waals surface area contributed by atoms with Gasteiger partial charge in [0.25, 0.3) is 5.91 Å². The molecular weight excluding hydrogens is 318 g/mol. The predicted molar refractivity (Wildman–Crippen MR) is 85.9 cm³/mol. The summed E-state index contributed by atoms with van der Waals surface area (Å²) in [5.41, 5.74) is -0.111. The number of hydrogen-bond acceptors (Lipinski definition) is 5. The van der Waals surface area contributed by atoms with Crippen LogP contribution in [0.2, 0.25) is 0 Å². The lowest BCUT2D eigenvalue weighted by molar-refractivity contribution is -0.119. The van der Waals surface area contributed by atoms with Crippen LogP contribution in [0.3, 0.4) is 0 Å². The van der Waals surface area contributed by atoms with Crippen molar-refractivity contribution in [1.29, 1.82) is 0 Å². The average molecular weight is 343 g/mol. The summed E-state index contributed by atoms with van der Waals surface area (Å²) in [5.74, 6) is -1.04. The van der Waals surface area contributed by atoms with Gasteiger partial charge < -0.3 is 10.4 Å². The molecule has 1 saturated heterocycles. The molecule has 8 heteroatoms. The normalized spacial score (nSPS) is 34.0. The van der Waals surface area contributed by atoms with Crippen LogP contribution in [-0.2, 0) is 14.8 Å². The zero-order valence-corrected chi connectivity index (χ0v) is 14.2. The quantitative estimate of drug-likeness (QED) is 0.689. The molecule has 1 aliphatic carbocycles. The number of nitrogens with one attached hydrogen (secondary N) is 2. The van der Waals surface area contributed by atoms with E-state index in [0.29, 0.717) is 12.8 Å². The molecule has 2 aliphatic heterocycles. The Bertz CT molecular complexity index is 610. The number of aliphatic hydroxyl groups is 1. The molecular formula is C15H25N3O4S. The summed E-state index contributed by atoms with van der Waals surface area (Å²) in [7, 11) is -2.24. The Kier molecular flexibility index (Phi) is 4.55. The highest BCUT2D eigenvalue weighted by atomic mass is 32.2. The van der Waals surface area contributed by atoms with Crippen molar-refractivity contribution in [3.8, 4) is 0 Å². The van der Waals surface area contributed by atoms with Gasteiger partial charge in [-0.25, -0.2) is 8.42 Å². The van der Waals surface area contributed by atoms with Crippen LogP contribution in [0.4, 0.5) is 0 Å². The molecule has 2 heterocycles. The molecule has 0 aromatic carbocycles. The first-order valence-corrected chi connectivity index (χ1v) is 9.88. The first-order chi connectivity index (χ1) is 10.9. The van der Waals surface area contributed by atoms with Crippen molar-refractivity contribution in [2.45, 2.75) is 56.4 Å². The summed E-state index contributed by atoms with van der Waals surface area (Å²) >= 11 is 0. The number of carbonyl (C=O) groups is 1. The van der Waals surface area contributed by atoms with Crippen LogP contribution >= 0.6 is 0 Å². The van der Waals surface area contributed by atoms with Crippen molar-refractivity contribution in [2.24, 2.45) is 5.92 Å². The summed E-state index contributed by atoms with van der Waals surface area (Å²) in [6.45, 7) is 0.828. The summed E-state index contributed by atoms with van der Waals surface area (Å²) in [4.78, 5) is 12.6. The minimum absolute atomic E-state index is 0.0691. The van der Waals surface area contributed by atoms with E-state index in [0.717, 1.165) is 43.0 Å². The van der Waals surface area contributed by atoms with E-state index in [1.165, 1.54) is 7.05 Å². The summed E-state index contributed by atoms with van der Waals surface area (Å²) in [5, 5.41) is 16.0. The van der Waals surface area contributed by atoms with Crippen molar-refractivity contribution in [1.82, 2.24) is 14.9 Å². The Morgan fingerprint density at radius 2 is 1.91 bits per heavy atom. The maximum Gasteiger partial charge on any atom is 0.273 e. The van der Waals surface area contributed by atoms with E-state index in [1.807, 2.05) is 0 Å². The lowest BCUT2D eigenvalue weighted by Crippen LogP contribution is -2.54. The number of nitrogens with zero attached hydrogens (tertiary/aromatic N) is 1. The van der Waals surface area contributed by atoms with Crippen molar-refractivity contribution in [3.05, 3.63) is 11.5 Å². The number of piperidine rings is 1. The van der Waals surface area contributed by atoms with E-state index >= 15 is 0 Å². The number of carbonyl (C=O) groups excluding carboxylic acids is 1. The van der Waals surface area contributed by atoms with E-state index in [-0.39, 0.29) is 17.6 Å². The van der Waals surface area contributed by atoms with Crippen LogP contribution in [0, 0.1) is 5.92 Å². The standard InChI is InChI=1S/C15H25N3O4S/c1-18-13(15(20)17-12-8-4-5-9-16-12)14(19)10-6-2-3-7-11(10)23(18,21)22/h10-12,16,19H,2-9H2,1H3,(H,17,20). The van der Waals surface area contributed by atoms with Gasteiger partial charge in [0.15, 0.2) is 5.70 Å². The van der Waals surface area contributed by atoms with E-state index in [4.69, 9.17) is 0 Å². The molecule has 0 radical (unpaired) electrons. The first kappa shape index (κ1) is 16.6. The fraction of sp³-hybridized carbons (Fsp3) is 0.800. The molecule has 0 spiro atoms. The number of likely N-dealkylation sites (N-methyl/N-ethyl adjacent to an activating group) is 1. The van der Waals surface area contributed by atoms with Gasteiger partial charge in [-0.1, -0.05) is 12.8 Å². The van der Waals surface area contributed by atoms with Gasteiger partial charge >= 0.3 is 0 Å². The Morgan fingerprint density at radius 3 is 2.61 bits per heavy atom. The van der Waals surface area contributed by atoms with Gasteiger partial charge in [-0.2, -0.15) is 0 Å². The van der Waals surface area contributed by atoms with Crippen LogP contribution in [0.1, 0.15) is 44.9 Å². The molecule has 3 rings (SSSR count). The molecule has 130 valence electrons. The van der Waals surface area contributed by atoms with E-state index in [9.17, 15) is 18.3 Å². The van der Waals surface area contributed by atoms with Gasteiger partial charge in [-0.15, -0.1) is 0 Å². The van der Waals surface area contributed by atoms with Gasteiger partial charge in [0.05, 0.1) is 11.4 Å². The number of aliphatic hydroxyl groups excluding tert-OH is 1. The zero-order chi connectivity index (χ0) is 16.6. The predicted octanol–water partition coefficient (Wildman–Crippen LogP) is 0.806. The Hall–Kier alpha value is -1.28. The van der Waals surface area contributed by atoms with Crippen molar-refractivity contribution in [3.63, 3.8) is 0 Å². The molecule has 3 aliphatic rings. The maximum atomic E-state index is 12.7. The van der Waals surface area contributed by atoms with E-state index in [1.54, 1.807) is 0 Å². The highest BCUT2D eigenvalue weighted by molar-refractivity contribution is 7.90. The highest BCUT2D eigenvalue weighted by Crippen LogP contribution is 2.40. The molecule has 0 aromatic rings. The first-order valence-electron chi connectivity index (χ1n) is 8.38. The van der Waals surface area contributed by atoms with Crippen molar-refractivity contribution < 1.29 is 18.3 Å². The van der Waals surface area contributed by atoms with Crippen molar-refractivity contribution >= 4 is 15.9 Å². The zero-order valence-electron chi connectivity index (χ0n) is 13.4. The minimum Gasteiger partial charge on any atom is -0.510 e. The monoisotopic (exact) mass is 343 g/mol. The molecule has 7 nitrogen and oxygen atoms in total. The van der Waals surface area contributed by atoms with Gasteiger partial charge in [0.1, 0.15) is 5.76 Å². The highest BCUT2D eigenvalue weighted by Gasteiger charge is 2.48. The maximum absolute atomic E-state index is 12.7. The van der Waals surface area contributed by atoms with Crippen LogP contribution in [0.25, 0.3) is 0 Å². The summed E-state index contributed by atoms with van der Waals surface area (Å²) in [6.07, 6.45) is 5.60. The second-order valence-corrected chi connectivity index (χ2v) is 8.83. The van der Waals surface area contributed by atoms with E-state index < -0.39 is 27.1 Å². The van der Waals surface area contributed by atoms with Crippen molar-refractivity contribution in [2.75, 3.05) is 13.6 Å². The molecule has 23 heavy (non-hydrogen) atoms. The Morgan fingerprint density at radius 1 is 1.22 bits per heavy atom. The number of hydrogen-bond donors (Lipinski definition) is 3. The average Bonchev–Trinajstić information content (AvgIpc) is 2.54. The van der Waals surface area contributed by atoms with E-state index in [2.05, 4.69) is 10.6 Å². The third kappa shape index (κ3) is 2.94. The third-order valence-corrected chi connectivity index (χ3v) is 7.48. The molecule has 3 N–H and O–H groups in total. The molecule has 1 saturated carbocycles. The number of amides is 1. The minimum atomic E-state index is -3.60. The number of sulfonamides is 1. The van der Waals surface area contributed by atoms with Crippen LogP contribution < -0.4 is 10.6 Å². The number of fused-ring (bicyclic) bond motifs is 1. The second-order valence-electron chi connectivity index (χ2n) is 6.65. The van der Waals surface area contributed by atoms with Gasteiger partial charge in [0.2, 0.25) is 10.0 Å². The second kappa shape index (κ2) is 6.32. The van der Waals surface area contributed by atoms with Gasteiger partial charge in [-0.3, -0.25) is 14.4 Å². The molecule has 0 bridgehead atoms.